The summed E-state index contributed by atoms with van der Waals surface area (Å²) in [7, 11) is 1.59. The number of hydrazone groups is 1. The third kappa shape index (κ3) is 4.28. The van der Waals surface area contributed by atoms with Crippen LogP contribution in [-0.2, 0) is 9.59 Å². The molecule has 1 aromatic rings. The topological polar surface area (TPSA) is 92.2 Å². The molecule has 1 heterocycles. The number of nitrogens with one attached hydrogen (secondary N) is 2. The summed E-state index contributed by atoms with van der Waals surface area (Å²) in [6.07, 6.45) is 1.43. The number of halogens is 1. The molecule has 0 bridgehead atoms. The molecule has 0 aromatic heterocycles. The van der Waals surface area contributed by atoms with Gasteiger partial charge >= 0.3 is 0 Å². The number of aliphatic imine (C=N–C) groups is 1. The van der Waals surface area contributed by atoms with E-state index < -0.39 is 11.3 Å². The number of carbonyl (C=O) groups is 2. The van der Waals surface area contributed by atoms with E-state index in [1.54, 1.807) is 25.5 Å². The molecule has 0 spiro atoms. The van der Waals surface area contributed by atoms with Crippen LogP contribution in [-0.4, -0.2) is 36.5 Å². The van der Waals surface area contributed by atoms with Gasteiger partial charge in [-0.05, 0) is 41.4 Å². The fraction of sp³-hybridized carbons (Fsp3) is 0.231. The maximum atomic E-state index is 11.5. The molecule has 0 saturated heterocycles. The van der Waals surface area contributed by atoms with E-state index in [0.29, 0.717) is 0 Å². The average Bonchev–Trinajstić information content (AvgIpc) is 2.79. The Kier molecular flexibility index (Phi) is 4.89. The van der Waals surface area contributed by atoms with Crippen LogP contribution in [0.1, 0.15) is 12.0 Å². The average molecular weight is 309 g/mol. The third-order valence-electron chi connectivity index (χ3n) is 2.68. The first-order valence-corrected chi connectivity index (χ1v) is 6.46. The van der Waals surface area contributed by atoms with Crippen molar-refractivity contribution in [1.29, 1.82) is 0 Å². The molecule has 1 atom stereocenters. The van der Waals surface area contributed by atoms with E-state index in [9.17, 15) is 9.59 Å². The number of hydrogen-bond acceptors (Lipinski definition) is 6. The second-order valence-electron chi connectivity index (χ2n) is 4.19. The van der Waals surface area contributed by atoms with Crippen LogP contribution in [0.2, 0.25) is 0 Å². The summed E-state index contributed by atoms with van der Waals surface area (Å²) in [6.45, 7) is 0. The molecule has 110 valence electrons. The van der Waals surface area contributed by atoms with E-state index in [2.05, 4.69) is 20.8 Å². The standard InChI is InChI=1S/C13H13ClN4O3/c1-21-9-4-2-8(3-5-9)7-15-18-13-16-10(6-11(14)19)12(20)17-13/h2-5,7,10H,6H2,1H3,(H2,16,17,18,20)/b15-7+. The van der Waals surface area contributed by atoms with E-state index in [-0.39, 0.29) is 18.3 Å². The van der Waals surface area contributed by atoms with Gasteiger partial charge in [-0.15, -0.1) is 0 Å². The molecule has 0 saturated carbocycles. The van der Waals surface area contributed by atoms with Gasteiger partial charge in [0.15, 0.2) is 0 Å². The highest BCUT2D eigenvalue weighted by atomic mass is 35.5. The van der Waals surface area contributed by atoms with Crippen LogP contribution in [0.25, 0.3) is 0 Å². The Morgan fingerprint density at radius 3 is 2.86 bits per heavy atom. The van der Waals surface area contributed by atoms with Gasteiger partial charge in [-0.2, -0.15) is 5.10 Å². The smallest absolute Gasteiger partial charge is 0.252 e. The molecule has 1 unspecified atom stereocenters. The molecule has 2 rings (SSSR count). The lowest BCUT2D eigenvalue weighted by Gasteiger charge is -2.00. The van der Waals surface area contributed by atoms with Crippen LogP contribution in [0.5, 0.6) is 5.75 Å². The van der Waals surface area contributed by atoms with Crippen molar-refractivity contribution >= 4 is 34.9 Å². The van der Waals surface area contributed by atoms with Crippen molar-refractivity contribution in [3.8, 4) is 5.75 Å². The lowest BCUT2D eigenvalue weighted by molar-refractivity contribution is -0.122. The molecule has 7 nitrogen and oxygen atoms in total. The van der Waals surface area contributed by atoms with Gasteiger partial charge in [0.1, 0.15) is 11.8 Å². The Hall–Kier alpha value is -2.41. The molecule has 0 aliphatic carbocycles. The van der Waals surface area contributed by atoms with Crippen LogP contribution >= 0.6 is 11.6 Å². The number of rotatable bonds is 5. The fourth-order valence-corrected chi connectivity index (χ4v) is 1.80. The molecule has 1 aliphatic heterocycles. The SMILES string of the molecule is COc1ccc(/C=N/NC2=NC(CC(=O)Cl)C(=O)N2)cc1. The molecule has 1 aliphatic rings. The highest BCUT2D eigenvalue weighted by Gasteiger charge is 2.27. The van der Waals surface area contributed by atoms with Gasteiger partial charge in [-0.1, -0.05) is 0 Å². The molecule has 8 heteroatoms. The summed E-state index contributed by atoms with van der Waals surface area (Å²) in [5, 5.41) is 5.81. The van der Waals surface area contributed by atoms with Crippen molar-refractivity contribution in [3.63, 3.8) is 0 Å². The first-order valence-electron chi connectivity index (χ1n) is 6.08. The first kappa shape index (κ1) is 15.0. The Morgan fingerprint density at radius 2 is 2.24 bits per heavy atom. The predicted octanol–water partition coefficient (Wildman–Crippen LogP) is 0.629. The quantitative estimate of drug-likeness (QED) is 0.474. The highest BCUT2D eigenvalue weighted by Crippen LogP contribution is 2.10. The highest BCUT2D eigenvalue weighted by molar-refractivity contribution is 6.63. The van der Waals surface area contributed by atoms with Gasteiger partial charge < -0.3 is 4.74 Å². The van der Waals surface area contributed by atoms with Crippen LogP contribution in [0.15, 0.2) is 34.4 Å². The van der Waals surface area contributed by atoms with Crippen LogP contribution in [0.3, 0.4) is 0 Å². The minimum atomic E-state index is -0.798. The Balaban J connectivity index is 1.91. The Morgan fingerprint density at radius 1 is 1.52 bits per heavy atom. The van der Waals surface area contributed by atoms with Crippen molar-refractivity contribution in [3.05, 3.63) is 29.8 Å². The number of amides is 1. The number of nitrogens with zero attached hydrogens (tertiary/aromatic N) is 2. The lowest BCUT2D eigenvalue weighted by Crippen LogP contribution is -2.35. The second kappa shape index (κ2) is 6.85. The van der Waals surface area contributed by atoms with Crippen LogP contribution in [0.4, 0.5) is 0 Å². The summed E-state index contributed by atoms with van der Waals surface area (Å²) in [5.74, 6) is 0.556. The Labute approximate surface area is 126 Å². The summed E-state index contributed by atoms with van der Waals surface area (Å²) in [5.41, 5.74) is 3.44. The van der Waals surface area contributed by atoms with Gasteiger partial charge in [0, 0.05) is 0 Å². The summed E-state index contributed by atoms with van der Waals surface area (Å²) < 4.78 is 5.05. The predicted molar refractivity (Wildman–Crippen MR) is 78.6 cm³/mol. The number of carbonyl (C=O) groups excluding carboxylic acids is 2. The first-order chi connectivity index (χ1) is 10.1. The zero-order chi connectivity index (χ0) is 15.2. The lowest BCUT2D eigenvalue weighted by atomic mass is 10.2. The molecule has 1 amide bonds. The number of methoxy groups -OCH3 is 1. The zero-order valence-corrected chi connectivity index (χ0v) is 11.9. The van der Waals surface area contributed by atoms with E-state index in [0.717, 1.165) is 11.3 Å². The summed E-state index contributed by atoms with van der Waals surface area (Å²) in [6, 6.07) is 6.47. The van der Waals surface area contributed by atoms with Gasteiger partial charge in [0.2, 0.25) is 11.2 Å². The molecule has 21 heavy (non-hydrogen) atoms. The molecule has 0 fully saturated rings. The maximum Gasteiger partial charge on any atom is 0.252 e. The van der Waals surface area contributed by atoms with E-state index in [1.165, 1.54) is 0 Å². The van der Waals surface area contributed by atoms with Gasteiger partial charge in [0.25, 0.3) is 5.91 Å². The van der Waals surface area contributed by atoms with Gasteiger partial charge in [0.05, 0.1) is 19.7 Å². The van der Waals surface area contributed by atoms with E-state index in [1.807, 2.05) is 12.1 Å². The van der Waals surface area contributed by atoms with Crippen molar-refractivity contribution in [2.45, 2.75) is 12.5 Å². The fourth-order valence-electron chi connectivity index (χ4n) is 1.65. The van der Waals surface area contributed by atoms with E-state index >= 15 is 0 Å². The maximum absolute atomic E-state index is 11.5. The normalized spacial score (nSPS) is 17.5. The summed E-state index contributed by atoms with van der Waals surface area (Å²) in [4.78, 5) is 26.2. The third-order valence-corrected chi connectivity index (χ3v) is 2.84. The second-order valence-corrected chi connectivity index (χ2v) is 4.61. The molecule has 2 N–H and O–H groups in total. The van der Waals surface area contributed by atoms with Crippen LogP contribution in [0, 0.1) is 0 Å². The van der Waals surface area contributed by atoms with Crippen molar-refractivity contribution in [2.75, 3.05) is 7.11 Å². The van der Waals surface area contributed by atoms with Crippen molar-refractivity contribution in [2.24, 2.45) is 10.1 Å². The number of ether oxygens (including phenoxy) is 1. The number of hydrogen-bond donors (Lipinski definition) is 2. The number of benzene rings is 1. The minimum absolute atomic E-state index is 0.138. The van der Waals surface area contributed by atoms with Crippen molar-refractivity contribution < 1.29 is 14.3 Å². The van der Waals surface area contributed by atoms with E-state index in [4.69, 9.17) is 16.3 Å². The Bertz CT molecular complexity index is 598. The molecule has 1 aromatic carbocycles. The zero-order valence-electron chi connectivity index (χ0n) is 11.2. The van der Waals surface area contributed by atoms with Crippen LogP contribution < -0.4 is 15.5 Å². The molecular formula is C13H13ClN4O3. The largest absolute Gasteiger partial charge is 0.497 e. The monoisotopic (exact) mass is 308 g/mol. The summed E-state index contributed by atoms with van der Waals surface area (Å²) >= 11 is 5.23. The minimum Gasteiger partial charge on any atom is -0.497 e. The van der Waals surface area contributed by atoms with Gasteiger partial charge in [-0.25, -0.2) is 10.4 Å². The molecular weight excluding hydrogens is 296 g/mol. The molecule has 0 radical (unpaired) electrons. The number of guanidine groups is 1. The van der Waals surface area contributed by atoms with Crippen molar-refractivity contribution in [1.82, 2.24) is 10.7 Å². The van der Waals surface area contributed by atoms with Gasteiger partial charge in [-0.3, -0.25) is 14.9 Å².